The summed E-state index contributed by atoms with van der Waals surface area (Å²) in [5.41, 5.74) is 2.44. The van der Waals surface area contributed by atoms with E-state index in [-0.39, 0.29) is 23.3 Å². The SMILES string of the molecule is CN(C)CCNc1ncc(C2=C(C(=O)OC(c3ccccc3)c3ccccc3)N3C(=O)C(NC(=O)CSc4ccc(Cl)c(Cl)c4)C3SC2)s1. The molecule has 14 heteroatoms. The zero-order chi connectivity index (χ0) is 34.5. The largest absolute Gasteiger partial charge is 0.448 e. The van der Waals surface area contributed by atoms with Crippen LogP contribution in [-0.2, 0) is 19.1 Å². The van der Waals surface area contributed by atoms with Crippen molar-refractivity contribution < 1.29 is 19.1 Å². The van der Waals surface area contributed by atoms with Crippen molar-refractivity contribution in [2.75, 3.05) is 44.0 Å². The van der Waals surface area contributed by atoms with Crippen LogP contribution >= 0.6 is 58.1 Å². The molecule has 1 fully saturated rings. The fraction of sp³-hybridized carbons (Fsp3) is 0.257. The normalized spacial score (nSPS) is 17.2. The Kier molecular flexibility index (Phi) is 11.5. The molecule has 49 heavy (non-hydrogen) atoms. The highest BCUT2D eigenvalue weighted by molar-refractivity contribution is 8.00. The number of benzene rings is 3. The van der Waals surface area contributed by atoms with Crippen LogP contribution in [0.5, 0.6) is 0 Å². The molecule has 3 heterocycles. The molecule has 0 bridgehead atoms. The molecule has 1 aromatic heterocycles. The lowest BCUT2D eigenvalue weighted by Gasteiger charge is -2.49. The van der Waals surface area contributed by atoms with Crippen LogP contribution in [0.15, 0.2) is 95.7 Å². The van der Waals surface area contributed by atoms with E-state index in [1.54, 1.807) is 24.4 Å². The summed E-state index contributed by atoms with van der Waals surface area (Å²) in [5.74, 6) is -0.807. The molecule has 2 aliphatic heterocycles. The summed E-state index contributed by atoms with van der Waals surface area (Å²) in [5, 5.41) is 7.28. The first-order chi connectivity index (χ1) is 23.7. The second kappa shape index (κ2) is 16.0. The van der Waals surface area contributed by atoms with Gasteiger partial charge in [0.1, 0.15) is 17.1 Å². The van der Waals surface area contributed by atoms with Crippen molar-refractivity contribution in [3.05, 3.63) is 117 Å². The predicted octanol–water partition coefficient (Wildman–Crippen LogP) is 6.66. The van der Waals surface area contributed by atoms with Gasteiger partial charge in [0.05, 0.1) is 20.7 Å². The lowest BCUT2D eigenvalue weighted by molar-refractivity contribution is -0.154. The smallest absolute Gasteiger partial charge is 0.356 e. The second-order valence-corrected chi connectivity index (χ2v) is 15.5. The molecular weight excluding hydrogens is 722 g/mol. The number of nitrogens with one attached hydrogen (secondary N) is 2. The molecule has 0 aliphatic carbocycles. The summed E-state index contributed by atoms with van der Waals surface area (Å²) in [4.78, 5) is 50.8. The molecule has 0 saturated carbocycles. The van der Waals surface area contributed by atoms with E-state index in [4.69, 9.17) is 27.9 Å². The fourth-order valence-electron chi connectivity index (χ4n) is 5.36. The molecule has 2 atom stereocenters. The van der Waals surface area contributed by atoms with E-state index in [0.29, 0.717) is 27.9 Å². The number of hydrogen-bond acceptors (Lipinski definition) is 10. The van der Waals surface area contributed by atoms with Crippen molar-refractivity contribution in [2.24, 2.45) is 0 Å². The van der Waals surface area contributed by atoms with Gasteiger partial charge in [-0.1, -0.05) is 95.2 Å². The van der Waals surface area contributed by atoms with Gasteiger partial charge in [0.15, 0.2) is 11.2 Å². The highest BCUT2D eigenvalue weighted by Crippen LogP contribution is 2.45. The lowest BCUT2D eigenvalue weighted by atomic mass is 10.0. The summed E-state index contributed by atoms with van der Waals surface area (Å²) in [6, 6.07) is 23.4. The van der Waals surface area contributed by atoms with E-state index in [1.807, 2.05) is 74.8 Å². The number of β-lactam (4-membered cyclic amide) rings is 1. The average molecular weight is 755 g/mol. The molecule has 2 unspecified atom stereocenters. The van der Waals surface area contributed by atoms with Crippen molar-refractivity contribution in [1.82, 2.24) is 20.1 Å². The van der Waals surface area contributed by atoms with Crippen molar-refractivity contribution in [3.63, 3.8) is 0 Å². The van der Waals surface area contributed by atoms with E-state index < -0.39 is 23.5 Å². The zero-order valence-electron chi connectivity index (χ0n) is 26.6. The van der Waals surface area contributed by atoms with Crippen LogP contribution in [-0.4, -0.2) is 82.7 Å². The van der Waals surface area contributed by atoms with Gasteiger partial charge in [-0.3, -0.25) is 14.5 Å². The molecule has 2 aliphatic rings. The number of aromatic nitrogens is 1. The Bertz CT molecular complexity index is 1820. The minimum absolute atomic E-state index is 0.0788. The molecule has 0 radical (unpaired) electrons. The molecule has 254 valence electrons. The minimum atomic E-state index is -0.792. The highest BCUT2D eigenvalue weighted by atomic mass is 35.5. The van der Waals surface area contributed by atoms with Gasteiger partial charge in [-0.05, 0) is 43.4 Å². The molecule has 6 rings (SSSR count). The first-order valence-corrected chi connectivity index (χ1v) is 19.0. The number of rotatable bonds is 13. The van der Waals surface area contributed by atoms with Gasteiger partial charge >= 0.3 is 5.97 Å². The monoisotopic (exact) mass is 753 g/mol. The number of nitrogens with zero attached hydrogens (tertiary/aromatic N) is 3. The molecule has 2 amide bonds. The van der Waals surface area contributed by atoms with E-state index in [1.165, 1.54) is 39.8 Å². The van der Waals surface area contributed by atoms with Gasteiger partial charge in [-0.15, -0.1) is 23.5 Å². The van der Waals surface area contributed by atoms with E-state index in [2.05, 4.69) is 20.5 Å². The topological polar surface area (TPSA) is 104 Å². The van der Waals surface area contributed by atoms with Crippen molar-refractivity contribution in [3.8, 4) is 0 Å². The highest BCUT2D eigenvalue weighted by Gasteiger charge is 2.55. The van der Waals surface area contributed by atoms with Crippen LogP contribution in [0.25, 0.3) is 5.57 Å². The Morgan fingerprint density at radius 2 is 1.73 bits per heavy atom. The molecule has 4 aromatic rings. The number of amides is 2. The van der Waals surface area contributed by atoms with E-state index in [0.717, 1.165) is 32.6 Å². The van der Waals surface area contributed by atoms with Gasteiger partial charge in [-0.2, -0.15) is 0 Å². The summed E-state index contributed by atoms with van der Waals surface area (Å²) >= 11 is 16.3. The third-order valence-electron chi connectivity index (χ3n) is 7.81. The molecule has 0 spiro atoms. The first kappa shape index (κ1) is 35.3. The molecular formula is C35H33Cl2N5O4S3. The Morgan fingerprint density at radius 3 is 2.39 bits per heavy atom. The summed E-state index contributed by atoms with van der Waals surface area (Å²) in [7, 11) is 4.00. The van der Waals surface area contributed by atoms with Crippen LogP contribution in [0.4, 0.5) is 5.13 Å². The van der Waals surface area contributed by atoms with Gasteiger partial charge in [-0.25, -0.2) is 9.78 Å². The number of halogens is 2. The van der Waals surface area contributed by atoms with Crippen LogP contribution in [0.1, 0.15) is 22.1 Å². The van der Waals surface area contributed by atoms with Crippen molar-refractivity contribution in [2.45, 2.75) is 22.4 Å². The fourth-order valence-corrected chi connectivity index (χ4v) is 8.81. The second-order valence-electron chi connectivity index (χ2n) is 11.5. The number of hydrogen-bond donors (Lipinski definition) is 2. The van der Waals surface area contributed by atoms with Crippen LogP contribution in [0.3, 0.4) is 0 Å². The summed E-state index contributed by atoms with van der Waals surface area (Å²) in [6.45, 7) is 1.53. The van der Waals surface area contributed by atoms with Gasteiger partial charge in [0, 0.05) is 35.5 Å². The quantitative estimate of drug-likeness (QED) is 0.0882. The molecule has 3 aromatic carbocycles. The van der Waals surface area contributed by atoms with Crippen LogP contribution in [0, 0.1) is 0 Å². The van der Waals surface area contributed by atoms with Gasteiger partial charge < -0.3 is 20.3 Å². The Morgan fingerprint density at radius 1 is 1.04 bits per heavy atom. The van der Waals surface area contributed by atoms with Crippen LogP contribution < -0.4 is 10.6 Å². The number of carbonyl (C=O) groups excluding carboxylic acids is 3. The Hall–Kier alpha value is -3.52. The van der Waals surface area contributed by atoms with Crippen molar-refractivity contribution in [1.29, 1.82) is 0 Å². The third kappa shape index (κ3) is 8.28. The first-order valence-electron chi connectivity index (χ1n) is 15.4. The van der Waals surface area contributed by atoms with E-state index in [9.17, 15) is 14.4 Å². The molecule has 1 saturated heterocycles. The number of carbonyl (C=O) groups is 3. The van der Waals surface area contributed by atoms with Gasteiger partial charge in [0.2, 0.25) is 5.91 Å². The maximum absolute atomic E-state index is 14.3. The Balaban J connectivity index is 1.25. The lowest BCUT2D eigenvalue weighted by Crippen LogP contribution is -2.70. The number of anilines is 1. The summed E-state index contributed by atoms with van der Waals surface area (Å²) in [6.07, 6.45) is 1.02. The third-order valence-corrected chi connectivity index (χ3v) is 11.8. The van der Waals surface area contributed by atoms with E-state index >= 15 is 0 Å². The summed E-state index contributed by atoms with van der Waals surface area (Å²) < 4.78 is 6.29. The minimum Gasteiger partial charge on any atom is -0.448 e. The predicted molar refractivity (Wildman–Crippen MR) is 199 cm³/mol. The number of esters is 1. The number of thioether (sulfide) groups is 2. The number of ether oxygens (including phenoxy) is 1. The van der Waals surface area contributed by atoms with Gasteiger partial charge in [0.25, 0.3) is 5.91 Å². The number of thiazole rings is 1. The maximum atomic E-state index is 14.3. The van der Waals surface area contributed by atoms with Crippen molar-refractivity contribution >= 4 is 86.6 Å². The average Bonchev–Trinajstić information content (AvgIpc) is 3.58. The van der Waals surface area contributed by atoms with Crippen LogP contribution in [0.2, 0.25) is 10.0 Å². The molecule has 9 nitrogen and oxygen atoms in total. The maximum Gasteiger partial charge on any atom is 0.356 e. The zero-order valence-corrected chi connectivity index (χ0v) is 30.6. The Labute approximate surface area is 307 Å². The molecule has 2 N–H and O–H groups in total. The standard InChI is InChI=1S/C35H33Cl2N5O4S3/c1-41(2)16-15-38-35-39-18-27(49-35)24-19-48-33-29(40-28(43)20-47-23-13-14-25(36)26(37)17-23)32(44)42(33)30(24)34(45)46-31(21-9-5-3-6-10-21)22-11-7-4-8-12-22/h3-14,17-18,29,31,33H,15-16,19-20H2,1-2H3,(H,38,39)(H,40,43). The number of fused-ring (bicyclic) bond motifs is 1. The number of likely N-dealkylation sites (N-methyl/N-ethyl adjacent to an activating group) is 1.